The summed E-state index contributed by atoms with van der Waals surface area (Å²) in [5, 5.41) is 31.5. The van der Waals surface area contributed by atoms with E-state index in [1.54, 1.807) is 0 Å². The van der Waals surface area contributed by atoms with Gasteiger partial charge in [-0.05, 0) is 103 Å². The van der Waals surface area contributed by atoms with E-state index in [1.165, 1.54) is 70.6 Å². The van der Waals surface area contributed by atoms with Crippen LogP contribution in [0.1, 0.15) is 265 Å². The van der Waals surface area contributed by atoms with E-state index in [9.17, 15) is 34.5 Å². The molecular weight excluding hydrogens is 973 g/mol. The molecule has 6 atom stereocenters. The number of hydrogen-bond donors (Lipinski definition) is 3. The molecule has 0 radical (unpaired) electrons. The Labute approximate surface area is 468 Å². The number of rotatable bonds is 52. The highest BCUT2D eigenvalue weighted by atomic mass is 16.7. The molecule has 0 saturated carbocycles. The largest absolute Gasteiger partial charge is 0.479 e. The summed E-state index contributed by atoms with van der Waals surface area (Å²) in [6, 6.07) is 0. The summed E-state index contributed by atoms with van der Waals surface area (Å²) >= 11 is 0. The maximum absolute atomic E-state index is 13.1. The van der Waals surface area contributed by atoms with Gasteiger partial charge in [0.2, 0.25) is 0 Å². The Morgan fingerprint density at radius 3 is 1.30 bits per heavy atom. The van der Waals surface area contributed by atoms with Crippen LogP contribution in [0.4, 0.5) is 0 Å². The number of esters is 3. The standard InChI is InChI=1S/C65H110O12/c1-4-7-10-13-16-19-22-24-26-28-29-31-33-35-38-41-44-47-50-53-59(68)76-63-61(70)60(69)62(64(71)72)77-65(63)74-55-56(75-58(67)52-49-46-43-40-36-21-18-15-12-9-6-3)54-73-57(66)51-48-45-42-39-37-34-32-30-27-25-23-20-17-14-11-8-5-2/h8,11,15-20,24-27,56,60-63,65,69-70H,4-7,9-10,12-14,21-23,28-55H2,1-3H3,(H,71,72)/b11-8-,18-15-,19-16-,20-17-,26-24-,27-25-. The van der Waals surface area contributed by atoms with Crippen LogP contribution in [0.3, 0.4) is 0 Å². The zero-order chi connectivity index (χ0) is 56.1. The summed E-state index contributed by atoms with van der Waals surface area (Å²) in [5.74, 6) is -3.14. The zero-order valence-corrected chi connectivity index (χ0v) is 48.7. The summed E-state index contributed by atoms with van der Waals surface area (Å²) in [4.78, 5) is 51.2. The van der Waals surface area contributed by atoms with Gasteiger partial charge in [0.1, 0.15) is 18.8 Å². The average Bonchev–Trinajstić information content (AvgIpc) is 3.41. The molecule has 0 aromatic carbocycles. The van der Waals surface area contributed by atoms with Crippen molar-refractivity contribution < 1.29 is 58.2 Å². The van der Waals surface area contributed by atoms with Crippen molar-refractivity contribution in [3.63, 3.8) is 0 Å². The number of carboxylic acid groups (broad SMARTS) is 1. The van der Waals surface area contributed by atoms with E-state index in [1.807, 2.05) is 0 Å². The van der Waals surface area contributed by atoms with Gasteiger partial charge < -0.3 is 39.0 Å². The normalized spacial score (nSPS) is 18.5. The van der Waals surface area contributed by atoms with E-state index in [0.717, 1.165) is 135 Å². The summed E-state index contributed by atoms with van der Waals surface area (Å²) in [7, 11) is 0. The lowest BCUT2D eigenvalue weighted by Gasteiger charge is -2.40. The molecule has 0 amide bonds. The van der Waals surface area contributed by atoms with E-state index >= 15 is 0 Å². The van der Waals surface area contributed by atoms with Crippen LogP contribution < -0.4 is 0 Å². The fourth-order valence-electron chi connectivity index (χ4n) is 8.98. The van der Waals surface area contributed by atoms with Gasteiger partial charge in [-0.1, -0.05) is 216 Å². The SMILES string of the molecule is CC/C=C\C/C=C\C/C=C\CCCCCCCCCC(=O)OCC(COC1OC(C(=O)O)C(O)C(O)C1OC(=O)CCCCCCCCCCC/C=C\C/C=C\CCCCC)OC(=O)CCCCCCC/C=C\CCCC. The first-order valence-electron chi connectivity index (χ1n) is 30.9. The molecule has 0 aliphatic carbocycles. The van der Waals surface area contributed by atoms with Gasteiger partial charge in [-0.2, -0.15) is 0 Å². The molecule has 1 aliphatic heterocycles. The number of aliphatic hydroxyl groups excluding tert-OH is 2. The van der Waals surface area contributed by atoms with Gasteiger partial charge in [0.25, 0.3) is 0 Å². The minimum absolute atomic E-state index is 0.0527. The minimum atomic E-state index is -1.91. The molecule has 0 bridgehead atoms. The van der Waals surface area contributed by atoms with Crippen LogP contribution in [-0.4, -0.2) is 89.2 Å². The Morgan fingerprint density at radius 1 is 0.442 bits per heavy atom. The van der Waals surface area contributed by atoms with Gasteiger partial charge in [0.05, 0.1) is 6.61 Å². The van der Waals surface area contributed by atoms with Gasteiger partial charge in [-0.3, -0.25) is 14.4 Å². The van der Waals surface area contributed by atoms with Crippen LogP contribution in [0.25, 0.3) is 0 Å². The lowest BCUT2D eigenvalue weighted by Crippen LogP contribution is -2.61. The number of ether oxygens (including phenoxy) is 5. The van der Waals surface area contributed by atoms with Crippen LogP contribution in [0.15, 0.2) is 72.9 Å². The van der Waals surface area contributed by atoms with Gasteiger partial charge >= 0.3 is 23.9 Å². The molecular formula is C65H110O12. The van der Waals surface area contributed by atoms with Crippen molar-refractivity contribution in [1.29, 1.82) is 0 Å². The van der Waals surface area contributed by atoms with E-state index in [-0.39, 0.29) is 25.9 Å². The van der Waals surface area contributed by atoms with Crippen LogP contribution >= 0.6 is 0 Å². The molecule has 1 fully saturated rings. The monoisotopic (exact) mass is 1080 g/mol. The first-order valence-corrected chi connectivity index (χ1v) is 30.9. The highest BCUT2D eigenvalue weighted by Gasteiger charge is 2.50. The second-order valence-electron chi connectivity index (χ2n) is 20.9. The van der Waals surface area contributed by atoms with Gasteiger partial charge in [0, 0.05) is 19.3 Å². The topological polar surface area (TPSA) is 175 Å². The summed E-state index contributed by atoms with van der Waals surface area (Å²) in [5.41, 5.74) is 0. The van der Waals surface area contributed by atoms with E-state index < -0.39 is 67.3 Å². The minimum Gasteiger partial charge on any atom is -0.479 e. The number of carbonyl (C=O) groups is 4. The molecule has 442 valence electrons. The van der Waals surface area contributed by atoms with Gasteiger partial charge in [0.15, 0.2) is 24.6 Å². The molecule has 0 spiro atoms. The van der Waals surface area contributed by atoms with Crippen LogP contribution in [0.2, 0.25) is 0 Å². The van der Waals surface area contributed by atoms with Crippen molar-refractivity contribution in [3.05, 3.63) is 72.9 Å². The molecule has 12 heteroatoms. The Balaban J connectivity index is 2.64. The molecule has 6 unspecified atom stereocenters. The first kappa shape index (κ1) is 71.2. The Morgan fingerprint density at radius 2 is 0.831 bits per heavy atom. The maximum Gasteiger partial charge on any atom is 0.335 e. The fourth-order valence-corrected chi connectivity index (χ4v) is 8.98. The Bertz CT molecular complexity index is 1620. The molecule has 0 aromatic rings. The first-order chi connectivity index (χ1) is 37.6. The van der Waals surface area contributed by atoms with E-state index in [4.69, 9.17) is 23.7 Å². The van der Waals surface area contributed by atoms with Crippen molar-refractivity contribution in [1.82, 2.24) is 0 Å². The second-order valence-corrected chi connectivity index (χ2v) is 20.9. The van der Waals surface area contributed by atoms with E-state index in [0.29, 0.717) is 19.3 Å². The highest BCUT2D eigenvalue weighted by Crippen LogP contribution is 2.26. The van der Waals surface area contributed by atoms with Crippen molar-refractivity contribution in [2.24, 2.45) is 0 Å². The average molecular weight is 1080 g/mol. The lowest BCUT2D eigenvalue weighted by molar-refractivity contribution is -0.301. The number of aliphatic carboxylic acids is 1. The summed E-state index contributed by atoms with van der Waals surface area (Å²) in [6.45, 7) is 5.81. The number of carboxylic acids is 1. The Hall–Kier alpha value is -3.84. The number of unbranched alkanes of at least 4 members (excludes halogenated alkanes) is 26. The van der Waals surface area contributed by atoms with Crippen molar-refractivity contribution >= 4 is 23.9 Å². The molecule has 1 saturated heterocycles. The smallest absolute Gasteiger partial charge is 0.335 e. The molecule has 3 N–H and O–H groups in total. The number of hydrogen-bond acceptors (Lipinski definition) is 11. The van der Waals surface area contributed by atoms with E-state index in [2.05, 4.69) is 93.7 Å². The molecule has 1 aliphatic rings. The van der Waals surface area contributed by atoms with Crippen LogP contribution in [0.5, 0.6) is 0 Å². The van der Waals surface area contributed by atoms with Crippen molar-refractivity contribution in [3.8, 4) is 0 Å². The summed E-state index contributed by atoms with van der Waals surface area (Å²) < 4.78 is 28.4. The third-order valence-corrected chi connectivity index (χ3v) is 13.7. The summed E-state index contributed by atoms with van der Waals surface area (Å²) in [6.07, 6.45) is 54.4. The quantitative estimate of drug-likeness (QED) is 0.0228. The third kappa shape index (κ3) is 42.7. The number of allylic oxidation sites excluding steroid dienone is 12. The van der Waals surface area contributed by atoms with Crippen molar-refractivity contribution in [2.45, 2.75) is 302 Å². The second kappa shape index (κ2) is 52.8. The van der Waals surface area contributed by atoms with Gasteiger partial charge in [-0.25, -0.2) is 4.79 Å². The molecule has 77 heavy (non-hydrogen) atoms. The fraction of sp³-hybridized carbons (Fsp3) is 0.754. The zero-order valence-electron chi connectivity index (χ0n) is 48.7. The molecule has 0 aromatic heterocycles. The van der Waals surface area contributed by atoms with Crippen molar-refractivity contribution in [2.75, 3.05) is 13.2 Å². The molecule has 1 rings (SSSR count). The van der Waals surface area contributed by atoms with Gasteiger partial charge in [-0.15, -0.1) is 0 Å². The number of carbonyl (C=O) groups excluding carboxylic acids is 3. The third-order valence-electron chi connectivity index (χ3n) is 13.7. The predicted molar refractivity (Wildman–Crippen MR) is 312 cm³/mol. The highest BCUT2D eigenvalue weighted by molar-refractivity contribution is 5.74. The molecule has 1 heterocycles. The van der Waals surface area contributed by atoms with Crippen LogP contribution in [-0.2, 0) is 42.9 Å². The lowest BCUT2D eigenvalue weighted by atomic mass is 9.98. The maximum atomic E-state index is 13.1. The Kier molecular flexibility index (Phi) is 48.8. The molecule has 12 nitrogen and oxygen atoms in total. The van der Waals surface area contributed by atoms with Crippen LogP contribution in [0, 0.1) is 0 Å². The predicted octanol–water partition coefficient (Wildman–Crippen LogP) is 16.1. The number of aliphatic hydroxyl groups is 2.